The number of carbonyl (C=O) groups excluding carboxylic acids is 1. The smallest absolute Gasteiger partial charge is 0.273 e. The molecule has 1 aliphatic rings. The van der Waals surface area contributed by atoms with E-state index in [1.165, 1.54) is 12.5 Å². The van der Waals surface area contributed by atoms with Crippen molar-refractivity contribution in [3.8, 4) is 0 Å². The topological polar surface area (TPSA) is 75.5 Å². The molecule has 6 heteroatoms. The molecule has 20 heavy (non-hydrogen) atoms. The average molecular weight is 277 g/mol. The lowest BCUT2D eigenvalue weighted by Gasteiger charge is -2.26. The quantitative estimate of drug-likeness (QED) is 0.656. The third-order valence-electron chi connectivity index (χ3n) is 3.49. The van der Waals surface area contributed by atoms with E-state index < -0.39 is 4.92 Å². The lowest BCUT2D eigenvalue weighted by atomic mass is 10.1. The maximum atomic E-state index is 11.9. The number of rotatable bonds is 5. The van der Waals surface area contributed by atoms with Crippen LogP contribution in [0.3, 0.4) is 0 Å². The van der Waals surface area contributed by atoms with Crippen LogP contribution in [0.5, 0.6) is 0 Å². The second kappa shape index (κ2) is 7.00. The van der Waals surface area contributed by atoms with E-state index in [-0.39, 0.29) is 18.1 Å². The summed E-state index contributed by atoms with van der Waals surface area (Å²) in [6, 6.07) is 6.58. The van der Waals surface area contributed by atoms with Crippen LogP contribution in [0.4, 0.5) is 5.69 Å². The fourth-order valence-corrected chi connectivity index (χ4v) is 2.40. The molecule has 108 valence electrons. The summed E-state index contributed by atoms with van der Waals surface area (Å²) in [5.41, 5.74) is 0.689. The van der Waals surface area contributed by atoms with Crippen LogP contribution in [0, 0.1) is 10.1 Å². The molecule has 1 N–H and O–H groups in total. The Morgan fingerprint density at radius 2 is 1.95 bits per heavy atom. The van der Waals surface area contributed by atoms with E-state index in [0.717, 1.165) is 25.9 Å². The summed E-state index contributed by atoms with van der Waals surface area (Å²) in [6.07, 6.45) is 3.32. The van der Waals surface area contributed by atoms with Crippen LogP contribution in [-0.4, -0.2) is 35.4 Å². The van der Waals surface area contributed by atoms with E-state index in [9.17, 15) is 14.9 Å². The number of hydrogen-bond acceptors (Lipinski definition) is 4. The zero-order valence-electron chi connectivity index (χ0n) is 11.4. The molecule has 1 aliphatic heterocycles. The predicted molar refractivity (Wildman–Crippen MR) is 75.2 cm³/mol. The van der Waals surface area contributed by atoms with Crippen LogP contribution >= 0.6 is 0 Å². The molecule has 1 aromatic rings. The fraction of sp³-hybridized carbons (Fsp3) is 0.500. The molecule has 0 radical (unpaired) electrons. The Labute approximate surface area is 117 Å². The van der Waals surface area contributed by atoms with Crippen molar-refractivity contribution in [1.29, 1.82) is 0 Å². The molecule has 0 aromatic heterocycles. The number of likely N-dealkylation sites (tertiary alicyclic amines) is 1. The molecular weight excluding hydrogens is 258 g/mol. The van der Waals surface area contributed by atoms with Crippen LogP contribution in [0.1, 0.15) is 24.8 Å². The van der Waals surface area contributed by atoms with Crippen molar-refractivity contribution in [1.82, 2.24) is 10.2 Å². The minimum atomic E-state index is -0.399. The van der Waals surface area contributed by atoms with Gasteiger partial charge in [0, 0.05) is 31.3 Å². The Kier molecular flexibility index (Phi) is 5.06. The molecule has 0 bridgehead atoms. The molecule has 1 heterocycles. The Morgan fingerprint density at radius 3 is 2.65 bits per heavy atom. The summed E-state index contributed by atoms with van der Waals surface area (Å²) in [7, 11) is 0. The van der Waals surface area contributed by atoms with Gasteiger partial charge in [0.15, 0.2) is 0 Å². The minimum absolute atomic E-state index is 0.0725. The summed E-state index contributed by atoms with van der Waals surface area (Å²) < 4.78 is 0. The number of para-hydroxylation sites is 1. The van der Waals surface area contributed by atoms with E-state index in [1.54, 1.807) is 18.2 Å². The van der Waals surface area contributed by atoms with Gasteiger partial charge in [-0.05, 0) is 19.3 Å². The summed E-state index contributed by atoms with van der Waals surface area (Å²) in [5.74, 6) is 0.0725. The third-order valence-corrected chi connectivity index (χ3v) is 3.49. The molecule has 0 atom stereocenters. The van der Waals surface area contributed by atoms with Gasteiger partial charge in [-0.25, -0.2) is 0 Å². The first-order chi connectivity index (χ1) is 9.68. The first-order valence-corrected chi connectivity index (χ1v) is 6.89. The van der Waals surface area contributed by atoms with Crippen molar-refractivity contribution in [2.24, 2.45) is 0 Å². The zero-order chi connectivity index (χ0) is 14.4. The molecular formula is C14H19N3O3. The highest BCUT2D eigenvalue weighted by Gasteiger charge is 2.16. The molecule has 1 aromatic carbocycles. The standard InChI is InChI=1S/C14H19N3O3/c18-14(16-8-4-1-5-9-16)11-15-10-12-6-2-3-7-13(12)17(19)20/h2-3,6-7,15H,1,4-5,8-11H2. The first-order valence-electron chi connectivity index (χ1n) is 6.89. The normalized spacial score (nSPS) is 15.1. The molecule has 1 fully saturated rings. The van der Waals surface area contributed by atoms with Crippen LogP contribution in [0.2, 0.25) is 0 Å². The number of hydrogen-bond donors (Lipinski definition) is 1. The summed E-state index contributed by atoms with van der Waals surface area (Å²) in [5, 5.41) is 13.9. The first kappa shape index (κ1) is 14.5. The molecule has 2 rings (SSSR count). The highest BCUT2D eigenvalue weighted by molar-refractivity contribution is 5.78. The Hall–Kier alpha value is -1.95. The Morgan fingerprint density at radius 1 is 1.25 bits per heavy atom. The van der Waals surface area contributed by atoms with Crippen molar-refractivity contribution in [2.45, 2.75) is 25.8 Å². The third kappa shape index (κ3) is 3.77. The monoisotopic (exact) mass is 277 g/mol. The van der Waals surface area contributed by atoms with Gasteiger partial charge < -0.3 is 10.2 Å². The SMILES string of the molecule is O=C(CNCc1ccccc1[N+](=O)[O-])N1CCCCC1. The van der Waals surface area contributed by atoms with Crippen molar-refractivity contribution in [3.63, 3.8) is 0 Å². The van der Waals surface area contributed by atoms with Gasteiger partial charge in [0.05, 0.1) is 11.5 Å². The minimum Gasteiger partial charge on any atom is -0.342 e. The number of carbonyl (C=O) groups is 1. The van der Waals surface area contributed by atoms with Crippen LogP contribution in [-0.2, 0) is 11.3 Å². The number of piperidine rings is 1. The molecule has 0 saturated carbocycles. The van der Waals surface area contributed by atoms with Gasteiger partial charge in [-0.2, -0.15) is 0 Å². The van der Waals surface area contributed by atoms with Gasteiger partial charge in [0.1, 0.15) is 0 Å². The molecule has 0 aliphatic carbocycles. The average Bonchev–Trinajstić information content (AvgIpc) is 2.48. The second-order valence-electron chi connectivity index (χ2n) is 4.93. The number of nitro benzene ring substituents is 1. The predicted octanol–water partition coefficient (Wildman–Crippen LogP) is 1.70. The second-order valence-corrected chi connectivity index (χ2v) is 4.93. The largest absolute Gasteiger partial charge is 0.342 e. The van der Waals surface area contributed by atoms with Crippen LogP contribution in [0.25, 0.3) is 0 Å². The maximum absolute atomic E-state index is 11.9. The zero-order valence-corrected chi connectivity index (χ0v) is 11.4. The van der Waals surface area contributed by atoms with Crippen molar-refractivity contribution >= 4 is 11.6 Å². The molecule has 1 saturated heterocycles. The summed E-state index contributed by atoms with van der Waals surface area (Å²) in [6.45, 7) is 2.21. The highest BCUT2D eigenvalue weighted by Crippen LogP contribution is 2.17. The van der Waals surface area contributed by atoms with E-state index >= 15 is 0 Å². The maximum Gasteiger partial charge on any atom is 0.273 e. The van der Waals surface area contributed by atoms with Gasteiger partial charge in [-0.3, -0.25) is 14.9 Å². The van der Waals surface area contributed by atoms with Crippen molar-refractivity contribution in [2.75, 3.05) is 19.6 Å². The van der Waals surface area contributed by atoms with E-state index in [0.29, 0.717) is 12.1 Å². The van der Waals surface area contributed by atoms with Crippen LogP contribution < -0.4 is 5.32 Å². The van der Waals surface area contributed by atoms with E-state index in [4.69, 9.17) is 0 Å². The molecule has 6 nitrogen and oxygen atoms in total. The number of nitro groups is 1. The van der Waals surface area contributed by atoms with Gasteiger partial charge in [0.25, 0.3) is 5.69 Å². The summed E-state index contributed by atoms with van der Waals surface area (Å²) in [4.78, 5) is 24.3. The Bertz CT molecular complexity index is 484. The number of amides is 1. The molecule has 0 unspecified atom stereocenters. The fourth-order valence-electron chi connectivity index (χ4n) is 2.40. The van der Waals surface area contributed by atoms with Crippen molar-refractivity contribution in [3.05, 3.63) is 39.9 Å². The lowest BCUT2D eigenvalue weighted by Crippen LogP contribution is -2.41. The molecule has 0 spiro atoms. The van der Waals surface area contributed by atoms with Gasteiger partial charge in [-0.1, -0.05) is 18.2 Å². The Balaban J connectivity index is 1.83. The molecule has 1 amide bonds. The van der Waals surface area contributed by atoms with E-state index in [2.05, 4.69) is 5.32 Å². The summed E-state index contributed by atoms with van der Waals surface area (Å²) >= 11 is 0. The van der Waals surface area contributed by atoms with Gasteiger partial charge >= 0.3 is 0 Å². The number of nitrogens with one attached hydrogen (secondary N) is 1. The lowest BCUT2D eigenvalue weighted by molar-refractivity contribution is -0.385. The van der Waals surface area contributed by atoms with Gasteiger partial charge in [0.2, 0.25) is 5.91 Å². The highest BCUT2D eigenvalue weighted by atomic mass is 16.6. The van der Waals surface area contributed by atoms with E-state index in [1.807, 2.05) is 4.90 Å². The van der Waals surface area contributed by atoms with Crippen molar-refractivity contribution < 1.29 is 9.72 Å². The van der Waals surface area contributed by atoms with Crippen LogP contribution in [0.15, 0.2) is 24.3 Å². The number of benzene rings is 1. The van der Waals surface area contributed by atoms with Gasteiger partial charge in [-0.15, -0.1) is 0 Å². The number of nitrogens with zero attached hydrogens (tertiary/aromatic N) is 2.